The summed E-state index contributed by atoms with van der Waals surface area (Å²) >= 11 is 1.33. The van der Waals surface area contributed by atoms with Crippen LogP contribution in [0.4, 0.5) is 14.5 Å². The van der Waals surface area contributed by atoms with E-state index in [1.807, 2.05) is 6.07 Å². The molecule has 0 aliphatic rings. The number of anilines is 1. The molecule has 162 valence electrons. The number of thiazole rings is 1. The normalized spacial score (nSPS) is 10.6. The summed E-state index contributed by atoms with van der Waals surface area (Å²) in [7, 11) is 1.56. The maximum absolute atomic E-state index is 13.4. The van der Waals surface area contributed by atoms with Crippen LogP contribution in [0.2, 0.25) is 0 Å². The molecule has 1 amide bonds. The summed E-state index contributed by atoms with van der Waals surface area (Å²) in [6.07, 6.45) is 0. The monoisotopic (exact) mass is 452 g/mol. The molecule has 0 aliphatic heterocycles. The Morgan fingerprint density at radius 3 is 2.62 bits per heavy atom. The van der Waals surface area contributed by atoms with Gasteiger partial charge in [0.25, 0.3) is 5.91 Å². The van der Waals surface area contributed by atoms with Crippen molar-refractivity contribution in [3.05, 3.63) is 95.0 Å². The highest BCUT2D eigenvalue weighted by molar-refractivity contribution is 7.13. The van der Waals surface area contributed by atoms with Crippen molar-refractivity contribution in [2.75, 3.05) is 12.4 Å². The fraction of sp³-hybridized carbons (Fsp3) is 0.0833. The zero-order valence-electron chi connectivity index (χ0n) is 17.0. The molecule has 0 bridgehead atoms. The molecule has 32 heavy (non-hydrogen) atoms. The smallest absolute Gasteiger partial charge is 0.275 e. The van der Waals surface area contributed by atoms with Crippen LogP contribution in [0.15, 0.2) is 72.1 Å². The maximum atomic E-state index is 13.4. The minimum atomic E-state index is -0.914. The first-order chi connectivity index (χ1) is 15.5. The number of hydrogen-bond donors (Lipinski definition) is 1. The number of methoxy groups -OCH3 is 1. The molecule has 1 heterocycles. The number of hydrogen-bond acceptors (Lipinski definition) is 5. The van der Waals surface area contributed by atoms with Gasteiger partial charge in [-0.1, -0.05) is 24.3 Å². The number of carbonyl (C=O) groups is 1. The van der Waals surface area contributed by atoms with Crippen LogP contribution in [0.3, 0.4) is 0 Å². The molecule has 0 unspecified atom stereocenters. The number of benzene rings is 3. The van der Waals surface area contributed by atoms with Crippen LogP contribution in [0, 0.1) is 11.6 Å². The summed E-state index contributed by atoms with van der Waals surface area (Å²) in [4.78, 5) is 17.0. The van der Waals surface area contributed by atoms with E-state index >= 15 is 0 Å². The number of carbonyl (C=O) groups excluding carboxylic acids is 1. The Morgan fingerprint density at radius 2 is 1.81 bits per heavy atom. The molecule has 1 N–H and O–H groups in total. The second kappa shape index (κ2) is 9.57. The van der Waals surface area contributed by atoms with Gasteiger partial charge in [0.15, 0.2) is 11.6 Å². The topological polar surface area (TPSA) is 60.5 Å². The Kier molecular flexibility index (Phi) is 6.42. The third-order valence-electron chi connectivity index (χ3n) is 4.53. The fourth-order valence-electron chi connectivity index (χ4n) is 2.92. The van der Waals surface area contributed by atoms with Gasteiger partial charge in [-0.3, -0.25) is 4.79 Å². The first-order valence-electron chi connectivity index (χ1n) is 9.60. The maximum Gasteiger partial charge on any atom is 0.275 e. The summed E-state index contributed by atoms with van der Waals surface area (Å²) in [6.45, 7) is 0.0900. The molecule has 5 nitrogen and oxygen atoms in total. The average molecular weight is 452 g/mol. The highest BCUT2D eigenvalue weighted by atomic mass is 32.1. The van der Waals surface area contributed by atoms with Crippen LogP contribution < -0.4 is 14.8 Å². The Balaban J connectivity index is 1.44. The van der Waals surface area contributed by atoms with Gasteiger partial charge in [-0.2, -0.15) is 0 Å². The van der Waals surface area contributed by atoms with E-state index in [0.29, 0.717) is 33.5 Å². The Bertz CT molecular complexity index is 1260. The lowest BCUT2D eigenvalue weighted by Crippen LogP contribution is -2.12. The van der Waals surface area contributed by atoms with Crippen molar-refractivity contribution >= 4 is 22.9 Å². The minimum absolute atomic E-state index is 0.0900. The largest absolute Gasteiger partial charge is 0.497 e. The quantitative estimate of drug-likeness (QED) is 0.378. The molecule has 3 aromatic carbocycles. The van der Waals surface area contributed by atoms with Gasteiger partial charge in [-0.25, -0.2) is 13.8 Å². The highest BCUT2D eigenvalue weighted by Crippen LogP contribution is 2.28. The van der Waals surface area contributed by atoms with Crippen LogP contribution in [-0.4, -0.2) is 18.0 Å². The van der Waals surface area contributed by atoms with Crippen molar-refractivity contribution in [1.82, 2.24) is 4.98 Å². The van der Waals surface area contributed by atoms with Gasteiger partial charge < -0.3 is 14.8 Å². The molecule has 0 radical (unpaired) electrons. The van der Waals surface area contributed by atoms with Crippen LogP contribution in [0.1, 0.15) is 16.1 Å². The zero-order valence-corrected chi connectivity index (χ0v) is 17.8. The highest BCUT2D eigenvalue weighted by Gasteiger charge is 2.13. The summed E-state index contributed by atoms with van der Waals surface area (Å²) in [5, 5.41) is 5.13. The van der Waals surface area contributed by atoms with Crippen molar-refractivity contribution in [3.8, 4) is 22.1 Å². The molecule has 8 heteroatoms. The summed E-state index contributed by atoms with van der Waals surface area (Å²) in [5.74, 6) is -0.952. The van der Waals surface area contributed by atoms with E-state index in [-0.39, 0.29) is 12.5 Å². The molecule has 0 saturated carbocycles. The third kappa shape index (κ3) is 5.09. The van der Waals surface area contributed by atoms with Gasteiger partial charge in [-0.05, 0) is 42.0 Å². The van der Waals surface area contributed by atoms with Gasteiger partial charge in [0.1, 0.15) is 28.8 Å². The number of rotatable bonds is 7. The van der Waals surface area contributed by atoms with Crippen molar-refractivity contribution in [3.63, 3.8) is 0 Å². The predicted molar refractivity (Wildman–Crippen MR) is 119 cm³/mol. The first-order valence-corrected chi connectivity index (χ1v) is 10.5. The molecule has 1 aromatic heterocycles. The molecule has 4 rings (SSSR count). The summed E-state index contributed by atoms with van der Waals surface area (Å²) in [5.41, 5.74) is 2.19. The molecule has 0 aliphatic carbocycles. The molecule has 0 fully saturated rings. The Hall–Kier alpha value is -3.78. The predicted octanol–water partition coefficient (Wildman–Crippen LogP) is 5.93. The molecular formula is C24H18F2N2O3S. The number of halogens is 2. The van der Waals surface area contributed by atoms with Crippen molar-refractivity contribution < 1.29 is 23.0 Å². The first kappa shape index (κ1) is 21.5. The average Bonchev–Trinajstić information content (AvgIpc) is 3.31. The number of amides is 1. The molecule has 4 aromatic rings. The van der Waals surface area contributed by atoms with Gasteiger partial charge in [-0.15, -0.1) is 11.3 Å². The molecule has 0 atom stereocenters. The van der Waals surface area contributed by atoms with Crippen molar-refractivity contribution in [1.29, 1.82) is 0 Å². The molecular weight excluding hydrogens is 434 g/mol. The van der Waals surface area contributed by atoms with E-state index in [2.05, 4.69) is 10.3 Å². The SMILES string of the molecule is COc1cccc(NC(=O)c2csc(-c3cccc(OCc4ccc(F)c(F)c4)c3)n2)c1. The van der Waals surface area contributed by atoms with Gasteiger partial charge in [0.2, 0.25) is 0 Å². The number of nitrogens with one attached hydrogen (secondary N) is 1. The lowest BCUT2D eigenvalue weighted by molar-refractivity contribution is 0.102. The van der Waals surface area contributed by atoms with Gasteiger partial charge in [0, 0.05) is 22.7 Å². The zero-order chi connectivity index (χ0) is 22.5. The number of nitrogens with zero attached hydrogens (tertiary/aromatic N) is 1. The van der Waals surface area contributed by atoms with Gasteiger partial charge in [0.05, 0.1) is 7.11 Å². The Labute approximate surface area is 187 Å². The minimum Gasteiger partial charge on any atom is -0.497 e. The standard InChI is InChI=1S/C24H18F2N2O3S/c1-30-18-6-3-5-17(12-18)27-23(29)22-14-32-24(28-22)16-4-2-7-19(11-16)31-13-15-8-9-20(25)21(26)10-15/h2-12,14H,13H2,1H3,(H,27,29). The number of aromatic nitrogens is 1. The van der Waals surface area contributed by atoms with Crippen LogP contribution >= 0.6 is 11.3 Å². The van der Waals surface area contributed by atoms with Crippen molar-refractivity contribution in [2.24, 2.45) is 0 Å². The second-order valence-electron chi connectivity index (χ2n) is 6.79. The lowest BCUT2D eigenvalue weighted by atomic mass is 10.2. The second-order valence-corrected chi connectivity index (χ2v) is 7.65. The van der Waals surface area contributed by atoms with Crippen LogP contribution in [0.25, 0.3) is 10.6 Å². The summed E-state index contributed by atoms with van der Waals surface area (Å²) in [6, 6.07) is 17.9. The van der Waals surface area contributed by atoms with Crippen LogP contribution in [-0.2, 0) is 6.61 Å². The molecule has 0 saturated heterocycles. The van der Waals surface area contributed by atoms with Crippen LogP contribution in [0.5, 0.6) is 11.5 Å². The summed E-state index contributed by atoms with van der Waals surface area (Å²) < 4.78 is 37.3. The van der Waals surface area contributed by atoms with E-state index in [4.69, 9.17) is 9.47 Å². The van der Waals surface area contributed by atoms with E-state index in [1.54, 1.807) is 55.0 Å². The van der Waals surface area contributed by atoms with E-state index < -0.39 is 11.6 Å². The van der Waals surface area contributed by atoms with Gasteiger partial charge >= 0.3 is 0 Å². The number of ether oxygens (including phenoxy) is 2. The fourth-order valence-corrected chi connectivity index (χ4v) is 3.72. The van der Waals surface area contributed by atoms with Crippen molar-refractivity contribution in [2.45, 2.75) is 6.61 Å². The van der Waals surface area contributed by atoms with E-state index in [1.165, 1.54) is 17.4 Å². The Morgan fingerprint density at radius 1 is 1.00 bits per heavy atom. The lowest BCUT2D eigenvalue weighted by Gasteiger charge is -2.08. The van der Waals surface area contributed by atoms with E-state index in [0.717, 1.165) is 17.7 Å². The van der Waals surface area contributed by atoms with E-state index in [9.17, 15) is 13.6 Å². The third-order valence-corrected chi connectivity index (χ3v) is 5.43. The molecule has 0 spiro atoms.